The highest BCUT2D eigenvalue weighted by Gasteiger charge is 2.35. The summed E-state index contributed by atoms with van der Waals surface area (Å²) in [5.41, 5.74) is 0.933. The van der Waals surface area contributed by atoms with Crippen LogP contribution in [0.2, 0.25) is 0 Å². The number of hydrogen-bond donors (Lipinski definition) is 3. The van der Waals surface area contributed by atoms with Gasteiger partial charge in [0, 0.05) is 31.6 Å². The molecule has 0 aromatic heterocycles. The fraction of sp³-hybridized carbons (Fsp3) is 0.733. The van der Waals surface area contributed by atoms with Crippen LogP contribution < -0.4 is 15.4 Å². The highest BCUT2D eigenvalue weighted by molar-refractivity contribution is 6.01. The zero-order valence-corrected chi connectivity index (χ0v) is 23.6. The van der Waals surface area contributed by atoms with Crippen molar-refractivity contribution in [2.24, 2.45) is 11.8 Å². The van der Waals surface area contributed by atoms with E-state index in [2.05, 4.69) is 29.5 Å². The van der Waals surface area contributed by atoms with Crippen LogP contribution >= 0.6 is 0 Å². The molecular formula is C30H48N4O4. The van der Waals surface area contributed by atoms with Gasteiger partial charge in [-0.05, 0) is 57.7 Å². The lowest BCUT2D eigenvalue weighted by atomic mass is 9.89. The molecule has 4 rings (SSSR count). The summed E-state index contributed by atoms with van der Waals surface area (Å²) < 4.78 is 6.67. The first-order chi connectivity index (χ1) is 18.4. The smallest absolute Gasteiger partial charge is 0.319 e. The van der Waals surface area contributed by atoms with Crippen molar-refractivity contribution in [1.82, 2.24) is 15.1 Å². The van der Waals surface area contributed by atoms with Crippen LogP contribution in [0.1, 0.15) is 88.4 Å². The third-order valence-corrected chi connectivity index (χ3v) is 8.67. The van der Waals surface area contributed by atoms with Crippen LogP contribution in [-0.2, 0) is 0 Å². The van der Waals surface area contributed by atoms with Gasteiger partial charge in [-0.2, -0.15) is 0 Å². The predicted molar refractivity (Wildman–Crippen MR) is 151 cm³/mol. The lowest BCUT2D eigenvalue weighted by Crippen LogP contribution is -2.50. The average molecular weight is 529 g/mol. The fourth-order valence-electron chi connectivity index (χ4n) is 6.34. The normalized spacial score (nSPS) is 24.2. The number of likely N-dealkylation sites (N-methyl/N-ethyl adjacent to an activating group) is 1. The van der Waals surface area contributed by atoms with Crippen LogP contribution in [-0.4, -0.2) is 78.3 Å². The average Bonchev–Trinajstić information content (AvgIpc) is 2.91. The number of hydrogen-bond acceptors (Lipinski definition) is 5. The van der Waals surface area contributed by atoms with E-state index in [9.17, 15) is 14.7 Å². The van der Waals surface area contributed by atoms with E-state index in [-0.39, 0.29) is 42.7 Å². The first-order valence-electron chi connectivity index (χ1n) is 14.8. The Balaban J connectivity index is 1.57. The predicted octanol–water partition coefficient (Wildman–Crippen LogP) is 4.87. The van der Waals surface area contributed by atoms with E-state index in [0.29, 0.717) is 23.5 Å². The summed E-state index contributed by atoms with van der Waals surface area (Å²) in [4.78, 5) is 30.8. The molecular weight excluding hydrogens is 480 g/mol. The van der Waals surface area contributed by atoms with E-state index in [1.165, 1.54) is 38.5 Å². The molecule has 3 aliphatic rings. The number of nitrogens with one attached hydrogen (secondary N) is 2. The van der Waals surface area contributed by atoms with Crippen LogP contribution in [0.3, 0.4) is 0 Å². The van der Waals surface area contributed by atoms with Crippen molar-refractivity contribution < 1.29 is 19.4 Å². The summed E-state index contributed by atoms with van der Waals surface area (Å²) in [6.07, 6.45) is 11.9. The van der Waals surface area contributed by atoms with Crippen LogP contribution in [0.15, 0.2) is 18.2 Å². The van der Waals surface area contributed by atoms with Gasteiger partial charge in [0.05, 0.1) is 23.9 Å². The van der Waals surface area contributed by atoms with Gasteiger partial charge in [0.25, 0.3) is 5.91 Å². The lowest BCUT2D eigenvalue weighted by Gasteiger charge is -2.39. The second-order valence-electron chi connectivity index (χ2n) is 12.0. The maximum atomic E-state index is 13.7. The quantitative estimate of drug-likeness (QED) is 0.447. The van der Waals surface area contributed by atoms with Gasteiger partial charge in [-0.25, -0.2) is 4.79 Å². The number of carbonyl (C=O) groups is 2. The standard InChI is InChI=1S/C30H48N4O4/c1-21-17-34(22(2)20-35)29(36)25-15-10-16-26(32-30(37)31-24-13-8-5-9-14-24)28(25)38-27(21)19-33(3)18-23-11-6-4-7-12-23/h10,15-16,21-24,27,35H,4-9,11-14,17-20H2,1-3H3,(H2,31,32,37)/t21-,22+,27-/m1/s1. The van der Waals surface area contributed by atoms with E-state index < -0.39 is 0 Å². The molecule has 0 saturated heterocycles. The Bertz CT molecular complexity index is 929. The van der Waals surface area contributed by atoms with Gasteiger partial charge in [0.2, 0.25) is 0 Å². The Morgan fingerprint density at radius 3 is 2.47 bits per heavy atom. The summed E-state index contributed by atoms with van der Waals surface area (Å²) in [7, 11) is 2.16. The van der Waals surface area contributed by atoms with Gasteiger partial charge < -0.3 is 30.3 Å². The Hall–Kier alpha value is -2.32. The summed E-state index contributed by atoms with van der Waals surface area (Å²) in [5, 5.41) is 16.0. The van der Waals surface area contributed by atoms with E-state index in [1.807, 2.05) is 6.92 Å². The van der Waals surface area contributed by atoms with E-state index in [1.54, 1.807) is 23.1 Å². The van der Waals surface area contributed by atoms with E-state index in [0.717, 1.165) is 44.7 Å². The topological polar surface area (TPSA) is 94.1 Å². The molecule has 1 aliphatic heterocycles. The van der Waals surface area contributed by atoms with Crippen molar-refractivity contribution in [3.05, 3.63) is 23.8 Å². The van der Waals surface area contributed by atoms with Crippen LogP contribution in [0, 0.1) is 11.8 Å². The molecule has 1 heterocycles. The third kappa shape index (κ3) is 7.41. The lowest BCUT2D eigenvalue weighted by molar-refractivity contribution is 0.0333. The molecule has 8 nitrogen and oxygen atoms in total. The summed E-state index contributed by atoms with van der Waals surface area (Å²) in [5.74, 6) is 1.00. The molecule has 2 fully saturated rings. The number of nitrogens with zero attached hydrogens (tertiary/aromatic N) is 2. The number of urea groups is 1. The van der Waals surface area contributed by atoms with Crippen LogP contribution in [0.4, 0.5) is 10.5 Å². The van der Waals surface area contributed by atoms with Crippen molar-refractivity contribution in [2.45, 2.75) is 96.2 Å². The van der Waals surface area contributed by atoms with Crippen molar-refractivity contribution >= 4 is 17.6 Å². The minimum atomic E-state index is -0.317. The Morgan fingerprint density at radius 1 is 1.11 bits per heavy atom. The van der Waals surface area contributed by atoms with Crippen molar-refractivity contribution in [3.8, 4) is 5.75 Å². The fourth-order valence-corrected chi connectivity index (χ4v) is 6.34. The Labute approximate surface area is 228 Å². The van der Waals surface area contributed by atoms with Gasteiger partial charge in [-0.1, -0.05) is 51.5 Å². The number of aliphatic hydroxyl groups excluding tert-OH is 1. The number of benzene rings is 1. The highest BCUT2D eigenvalue weighted by Crippen LogP contribution is 2.35. The first kappa shape index (κ1) is 28.7. The molecule has 3 N–H and O–H groups in total. The number of amides is 3. The third-order valence-electron chi connectivity index (χ3n) is 8.67. The molecule has 8 heteroatoms. The van der Waals surface area contributed by atoms with Crippen LogP contribution in [0.5, 0.6) is 5.75 Å². The second kappa shape index (κ2) is 13.7. The molecule has 0 bridgehead atoms. The molecule has 38 heavy (non-hydrogen) atoms. The van der Waals surface area contributed by atoms with Gasteiger partial charge in [0.15, 0.2) is 5.75 Å². The van der Waals surface area contributed by atoms with Crippen molar-refractivity contribution in [1.29, 1.82) is 0 Å². The maximum absolute atomic E-state index is 13.7. The summed E-state index contributed by atoms with van der Waals surface area (Å²) >= 11 is 0. The number of para-hydroxylation sites is 1. The van der Waals surface area contributed by atoms with Gasteiger partial charge in [-0.3, -0.25) is 4.79 Å². The van der Waals surface area contributed by atoms with Gasteiger partial charge in [0.1, 0.15) is 6.10 Å². The molecule has 2 aliphatic carbocycles. The van der Waals surface area contributed by atoms with Crippen molar-refractivity contribution in [2.75, 3.05) is 38.6 Å². The molecule has 1 aromatic carbocycles. The zero-order valence-electron chi connectivity index (χ0n) is 23.6. The summed E-state index contributed by atoms with van der Waals surface area (Å²) in [6.45, 7) is 6.15. The number of fused-ring (bicyclic) bond motifs is 1. The number of aliphatic hydroxyl groups is 1. The van der Waals surface area contributed by atoms with E-state index >= 15 is 0 Å². The maximum Gasteiger partial charge on any atom is 0.319 e. The molecule has 3 amide bonds. The molecule has 212 valence electrons. The number of anilines is 1. The van der Waals surface area contributed by atoms with Gasteiger partial charge in [-0.15, -0.1) is 0 Å². The Morgan fingerprint density at radius 2 is 1.79 bits per heavy atom. The number of rotatable bonds is 8. The minimum absolute atomic E-state index is 0.0408. The second-order valence-corrected chi connectivity index (χ2v) is 12.0. The molecule has 3 atom stereocenters. The largest absolute Gasteiger partial charge is 0.486 e. The SMILES string of the molecule is C[C@@H]1CN([C@@H](C)CO)C(=O)c2cccc(NC(=O)NC3CCCCC3)c2O[C@@H]1CN(C)CC1CCCCC1. The monoisotopic (exact) mass is 528 g/mol. The van der Waals surface area contributed by atoms with Gasteiger partial charge >= 0.3 is 6.03 Å². The van der Waals surface area contributed by atoms with Crippen molar-refractivity contribution in [3.63, 3.8) is 0 Å². The molecule has 0 unspecified atom stereocenters. The first-order valence-corrected chi connectivity index (χ1v) is 14.8. The van der Waals surface area contributed by atoms with E-state index in [4.69, 9.17) is 4.74 Å². The highest BCUT2D eigenvalue weighted by atomic mass is 16.5. The zero-order chi connectivity index (χ0) is 27.1. The molecule has 0 radical (unpaired) electrons. The molecule has 0 spiro atoms. The molecule has 2 saturated carbocycles. The summed E-state index contributed by atoms with van der Waals surface area (Å²) in [6, 6.07) is 4.96. The molecule has 1 aromatic rings. The number of carbonyl (C=O) groups excluding carboxylic acids is 2. The number of ether oxygens (including phenoxy) is 1. The van der Waals surface area contributed by atoms with Crippen LogP contribution in [0.25, 0.3) is 0 Å². The minimum Gasteiger partial charge on any atom is -0.486 e. The Kier molecular flexibility index (Phi) is 10.3.